The molecule has 0 radical (unpaired) electrons. The van der Waals surface area contributed by atoms with Crippen LogP contribution in [0.25, 0.3) is 6.08 Å². The van der Waals surface area contributed by atoms with E-state index in [0.29, 0.717) is 24.7 Å². The van der Waals surface area contributed by atoms with Crippen LogP contribution in [-0.4, -0.2) is 40.7 Å². The number of aromatic nitrogens is 2. The summed E-state index contributed by atoms with van der Waals surface area (Å²) in [6, 6.07) is 5.84. The van der Waals surface area contributed by atoms with E-state index in [1.165, 1.54) is 12.1 Å². The Hall–Kier alpha value is -2.54. The van der Waals surface area contributed by atoms with E-state index in [9.17, 15) is 9.18 Å². The molecule has 0 spiro atoms. The fourth-order valence-electron chi connectivity index (χ4n) is 2.91. The fourth-order valence-corrected chi connectivity index (χ4v) is 2.91. The largest absolute Gasteiger partial charge is 0.380 e. The maximum atomic E-state index is 12.9. The van der Waals surface area contributed by atoms with Crippen LogP contribution in [0, 0.1) is 12.7 Å². The van der Waals surface area contributed by atoms with Crippen LogP contribution in [-0.2, 0) is 9.53 Å². The van der Waals surface area contributed by atoms with Gasteiger partial charge in [0, 0.05) is 26.5 Å². The molecule has 2 heterocycles. The first-order chi connectivity index (χ1) is 12.1. The molecule has 1 fully saturated rings. The third kappa shape index (κ3) is 4.11. The van der Waals surface area contributed by atoms with Crippen LogP contribution in [0.5, 0.6) is 0 Å². The first-order valence-corrected chi connectivity index (χ1v) is 8.11. The maximum absolute atomic E-state index is 12.9. The highest BCUT2D eigenvalue weighted by atomic mass is 19.1. The van der Waals surface area contributed by atoms with Gasteiger partial charge in [-0.2, -0.15) is 4.98 Å². The van der Waals surface area contributed by atoms with E-state index in [0.717, 1.165) is 5.56 Å². The predicted molar refractivity (Wildman–Crippen MR) is 89.0 cm³/mol. The summed E-state index contributed by atoms with van der Waals surface area (Å²) >= 11 is 0. The molecule has 1 aromatic carbocycles. The Balaban J connectivity index is 1.67. The first kappa shape index (κ1) is 17.3. The molecule has 7 heteroatoms. The third-order valence-electron chi connectivity index (χ3n) is 4.22. The van der Waals surface area contributed by atoms with Crippen molar-refractivity contribution in [2.24, 2.45) is 0 Å². The minimum atomic E-state index is -0.284. The average Bonchev–Trinajstić information content (AvgIpc) is 3.22. The molecule has 1 saturated heterocycles. The average molecular weight is 345 g/mol. The molecule has 2 atom stereocenters. The lowest BCUT2D eigenvalue weighted by Crippen LogP contribution is -2.31. The summed E-state index contributed by atoms with van der Waals surface area (Å²) in [7, 11) is 1.63. The second-order valence-corrected chi connectivity index (χ2v) is 5.99. The number of likely N-dealkylation sites (tertiary alicyclic amines) is 1. The second kappa shape index (κ2) is 7.57. The number of amides is 1. The standard InChI is InChI=1S/C18H20FN3O3/c1-12-20-18(25-21-12)16-10-15(24-2)11-22(16)17(23)5-3-4-13-6-8-14(19)9-7-13/h3-4,6-9,15-16H,5,10-11H2,1-2H3/b4-3+/t15-,16-/m1/s1. The molecule has 132 valence electrons. The number of aryl methyl sites for hydroxylation is 1. The number of methoxy groups -OCH3 is 1. The van der Waals surface area contributed by atoms with Crippen molar-refractivity contribution in [1.82, 2.24) is 15.0 Å². The molecule has 1 aromatic heterocycles. The Labute approximate surface area is 145 Å². The fraction of sp³-hybridized carbons (Fsp3) is 0.389. The summed E-state index contributed by atoms with van der Waals surface area (Å²) in [6.45, 7) is 2.24. The van der Waals surface area contributed by atoms with Gasteiger partial charge >= 0.3 is 0 Å². The Bertz CT molecular complexity index is 757. The van der Waals surface area contributed by atoms with Gasteiger partial charge in [0.05, 0.1) is 6.10 Å². The highest BCUT2D eigenvalue weighted by molar-refractivity contribution is 5.79. The zero-order valence-corrected chi connectivity index (χ0v) is 14.2. The number of carbonyl (C=O) groups excluding carboxylic acids is 1. The first-order valence-electron chi connectivity index (χ1n) is 8.11. The number of nitrogens with zero attached hydrogens (tertiary/aromatic N) is 3. The summed E-state index contributed by atoms with van der Waals surface area (Å²) < 4.78 is 23.5. The monoisotopic (exact) mass is 345 g/mol. The molecule has 0 bridgehead atoms. The van der Waals surface area contributed by atoms with Crippen molar-refractivity contribution in [3.8, 4) is 0 Å². The van der Waals surface area contributed by atoms with Gasteiger partial charge in [0.15, 0.2) is 5.82 Å². The summed E-state index contributed by atoms with van der Waals surface area (Å²) in [5, 5.41) is 3.81. The number of ether oxygens (including phenoxy) is 1. The van der Waals surface area contributed by atoms with E-state index >= 15 is 0 Å². The predicted octanol–water partition coefficient (Wildman–Crippen LogP) is 2.91. The van der Waals surface area contributed by atoms with Crippen molar-refractivity contribution in [2.75, 3.05) is 13.7 Å². The summed E-state index contributed by atoms with van der Waals surface area (Å²) in [6.07, 6.45) is 4.38. The van der Waals surface area contributed by atoms with Crippen LogP contribution >= 0.6 is 0 Å². The van der Waals surface area contributed by atoms with E-state index in [4.69, 9.17) is 9.26 Å². The molecule has 25 heavy (non-hydrogen) atoms. The van der Waals surface area contributed by atoms with Gasteiger partial charge in [0.1, 0.15) is 11.9 Å². The smallest absolute Gasteiger partial charge is 0.249 e. The van der Waals surface area contributed by atoms with Gasteiger partial charge in [-0.25, -0.2) is 4.39 Å². The van der Waals surface area contributed by atoms with Gasteiger partial charge in [-0.15, -0.1) is 0 Å². The number of carbonyl (C=O) groups is 1. The SMILES string of the molecule is CO[C@@H]1C[C@H](c2nc(C)no2)N(C(=O)C/C=C/c2ccc(F)cc2)C1. The molecule has 0 unspecified atom stereocenters. The van der Waals surface area contributed by atoms with Crippen molar-refractivity contribution >= 4 is 12.0 Å². The van der Waals surface area contributed by atoms with E-state index in [2.05, 4.69) is 10.1 Å². The quantitative estimate of drug-likeness (QED) is 0.833. The molecule has 3 rings (SSSR count). The summed E-state index contributed by atoms with van der Waals surface area (Å²) in [4.78, 5) is 18.6. The van der Waals surface area contributed by atoms with Gasteiger partial charge < -0.3 is 14.2 Å². The second-order valence-electron chi connectivity index (χ2n) is 5.99. The Morgan fingerprint density at radius 3 is 2.84 bits per heavy atom. The van der Waals surface area contributed by atoms with Gasteiger partial charge in [-0.05, 0) is 24.6 Å². The lowest BCUT2D eigenvalue weighted by Gasteiger charge is -2.20. The van der Waals surface area contributed by atoms with Gasteiger partial charge in [0.25, 0.3) is 0 Å². The Morgan fingerprint density at radius 2 is 2.20 bits per heavy atom. The number of rotatable bonds is 5. The van der Waals surface area contributed by atoms with Crippen molar-refractivity contribution in [2.45, 2.75) is 31.9 Å². The summed E-state index contributed by atoms with van der Waals surface area (Å²) in [5.74, 6) is 0.653. The van der Waals surface area contributed by atoms with Crippen LogP contribution < -0.4 is 0 Å². The molecule has 0 N–H and O–H groups in total. The van der Waals surface area contributed by atoms with E-state index < -0.39 is 0 Å². The lowest BCUT2D eigenvalue weighted by atomic mass is 10.1. The van der Waals surface area contributed by atoms with Crippen LogP contribution in [0.3, 0.4) is 0 Å². The van der Waals surface area contributed by atoms with Crippen LogP contribution in [0.4, 0.5) is 4.39 Å². The Morgan fingerprint density at radius 1 is 1.44 bits per heavy atom. The molecule has 2 aromatic rings. The highest BCUT2D eigenvalue weighted by Crippen LogP contribution is 2.33. The lowest BCUT2D eigenvalue weighted by molar-refractivity contribution is -0.132. The minimum Gasteiger partial charge on any atom is -0.380 e. The Kier molecular flexibility index (Phi) is 5.23. The molecule has 1 aliphatic rings. The number of benzene rings is 1. The molecular formula is C18H20FN3O3. The van der Waals surface area contributed by atoms with Crippen LogP contribution in [0.2, 0.25) is 0 Å². The molecule has 0 aliphatic carbocycles. The van der Waals surface area contributed by atoms with E-state index in [-0.39, 0.29) is 30.3 Å². The molecular weight excluding hydrogens is 325 g/mol. The molecule has 1 amide bonds. The van der Waals surface area contributed by atoms with Gasteiger partial charge in [-0.1, -0.05) is 29.4 Å². The molecule has 0 saturated carbocycles. The van der Waals surface area contributed by atoms with Crippen LogP contribution in [0.1, 0.15) is 36.2 Å². The van der Waals surface area contributed by atoms with Crippen molar-refractivity contribution in [3.63, 3.8) is 0 Å². The zero-order valence-electron chi connectivity index (χ0n) is 14.2. The number of hydrogen-bond acceptors (Lipinski definition) is 5. The zero-order chi connectivity index (χ0) is 17.8. The van der Waals surface area contributed by atoms with E-state index in [1.807, 2.05) is 0 Å². The van der Waals surface area contributed by atoms with Crippen molar-refractivity contribution < 1.29 is 18.4 Å². The molecule has 1 aliphatic heterocycles. The third-order valence-corrected chi connectivity index (χ3v) is 4.22. The topological polar surface area (TPSA) is 68.5 Å². The normalized spacial score (nSPS) is 20.5. The van der Waals surface area contributed by atoms with Gasteiger partial charge in [-0.3, -0.25) is 4.79 Å². The van der Waals surface area contributed by atoms with Crippen molar-refractivity contribution in [1.29, 1.82) is 0 Å². The number of halogens is 1. The van der Waals surface area contributed by atoms with Gasteiger partial charge in [0.2, 0.25) is 11.8 Å². The maximum Gasteiger partial charge on any atom is 0.249 e. The molecule has 6 nitrogen and oxygen atoms in total. The summed E-state index contributed by atoms with van der Waals surface area (Å²) in [5.41, 5.74) is 0.842. The number of hydrogen-bond donors (Lipinski definition) is 0. The van der Waals surface area contributed by atoms with Crippen LogP contribution in [0.15, 0.2) is 34.9 Å². The highest BCUT2D eigenvalue weighted by Gasteiger charge is 2.38. The van der Waals surface area contributed by atoms with Crippen molar-refractivity contribution in [3.05, 3.63) is 53.4 Å². The van der Waals surface area contributed by atoms with E-state index in [1.54, 1.807) is 43.2 Å². The minimum absolute atomic E-state index is 0.0428.